The molecule has 1 unspecified atom stereocenters. The van der Waals surface area contributed by atoms with Gasteiger partial charge in [-0.1, -0.05) is 55.8 Å². The van der Waals surface area contributed by atoms with E-state index >= 15 is 0 Å². The smallest absolute Gasteiger partial charge is 0.219 e. The van der Waals surface area contributed by atoms with Gasteiger partial charge in [-0.25, -0.2) is 12.8 Å². The molecule has 2 aliphatic heterocycles. The van der Waals surface area contributed by atoms with Crippen molar-refractivity contribution in [3.05, 3.63) is 66.0 Å². The fourth-order valence-corrected chi connectivity index (χ4v) is 6.79. The van der Waals surface area contributed by atoms with Gasteiger partial charge in [-0.15, -0.1) is 0 Å². The molecule has 0 radical (unpaired) electrons. The zero-order valence-corrected chi connectivity index (χ0v) is 21.9. The minimum Gasteiger partial charge on any atom is -0.365 e. The maximum atomic E-state index is 14.9. The van der Waals surface area contributed by atoms with Gasteiger partial charge in [0.25, 0.3) is 0 Å². The Kier molecular flexibility index (Phi) is 9.69. The molecule has 0 aliphatic carbocycles. The molecule has 4 rings (SSSR count). The van der Waals surface area contributed by atoms with E-state index in [2.05, 4.69) is 4.90 Å². The van der Waals surface area contributed by atoms with E-state index in [0.717, 1.165) is 18.5 Å². The molecule has 2 aromatic rings. The van der Waals surface area contributed by atoms with E-state index in [1.54, 1.807) is 17.9 Å². The Bertz CT molecular complexity index is 1040. The molecule has 2 atom stereocenters. The predicted octanol–water partition coefficient (Wildman–Crippen LogP) is 4.66. The first-order chi connectivity index (χ1) is 16.7. The quantitative estimate of drug-likeness (QED) is 0.609. The Balaban J connectivity index is 0.000000497. The first-order valence-corrected chi connectivity index (χ1v) is 14.0. The number of piperazine rings is 1. The molecule has 2 saturated heterocycles. The van der Waals surface area contributed by atoms with Crippen LogP contribution in [0.1, 0.15) is 52.0 Å². The summed E-state index contributed by atoms with van der Waals surface area (Å²) in [6.45, 7) is 7.90. The van der Waals surface area contributed by atoms with Crippen molar-refractivity contribution in [2.45, 2.75) is 64.3 Å². The summed E-state index contributed by atoms with van der Waals surface area (Å²) in [5, 5.41) is -0.370. The average molecular weight is 504 g/mol. The van der Waals surface area contributed by atoms with Gasteiger partial charge in [0.15, 0.2) is 0 Å². The highest BCUT2D eigenvalue weighted by molar-refractivity contribution is 7.89. The Morgan fingerprint density at radius 2 is 1.69 bits per heavy atom. The number of anilines is 1. The molecular weight excluding hydrogens is 465 g/mol. The van der Waals surface area contributed by atoms with Gasteiger partial charge >= 0.3 is 0 Å². The van der Waals surface area contributed by atoms with Crippen molar-refractivity contribution in [3.63, 3.8) is 0 Å². The van der Waals surface area contributed by atoms with Crippen molar-refractivity contribution >= 4 is 21.6 Å². The van der Waals surface area contributed by atoms with E-state index in [-0.39, 0.29) is 29.6 Å². The molecule has 2 aromatic carbocycles. The monoisotopic (exact) mass is 503 g/mol. The summed E-state index contributed by atoms with van der Waals surface area (Å²) in [6.07, 6.45) is 2.97. The number of hydrogen-bond donors (Lipinski definition) is 0. The van der Waals surface area contributed by atoms with Gasteiger partial charge in [0.05, 0.1) is 5.25 Å². The summed E-state index contributed by atoms with van der Waals surface area (Å²) < 4.78 is 42.1. The Morgan fingerprint density at radius 3 is 2.23 bits per heavy atom. The van der Waals surface area contributed by atoms with E-state index in [4.69, 9.17) is 0 Å². The SMILES string of the molecule is CCC1CCCCN(Cc2ccc(N3CCN(C(C)=O)C[C@@H]3C)cc2F)S1(=O)=O.c1ccccc1. The van der Waals surface area contributed by atoms with Crippen LogP contribution in [0.15, 0.2) is 54.6 Å². The molecule has 2 fully saturated rings. The normalized spacial score (nSPS) is 22.6. The first-order valence-electron chi connectivity index (χ1n) is 12.5. The van der Waals surface area contributed by atoms with Crippen molar-refractivity contribution in [2.75, 3.05) is 31.1 Å². The third kappa shape index (κ3) is 7.04. The number of rotatable bonds is 4. The Morgan fingerprint density at radius 1 is 1.03 bits per heavy atom. The van der Waals surface area contributed by atoms with Crippen LogP contribution in [-0.2, 0) is 21.4 Å². The maximum Gasteiger partial charge on any atom is 0.219 e. The number of carbonyl (C=O) groups excluding carboxylic acids is 1. The van der Waals surface area contributed by atoms with Crippen LogP contribution in [0, 0.1) is 5.82 Å². The lowest BCUT2D eigenvalue weighted by Crippen LogP contribution is -2.53. The van der Waals surface area contributed by atoms with Gasteiger partial charge < -0.3 is 9.80 Å². The third-order valence-electron chi connectivity index (χ3n) is 6.87. The molecule has 0 aromatic heterocycles. The van der Waals surface area contributed by atoms with Crippen LogP contribution in [0.3, 0.4) is 0 Å². The number of nitrogens with zero attached hydrogens (tertiary/aromatic N) is 3. The Hall–Kier alpha value is -2.45. The zero-order valence-electron chi connectivity index (χ0n) is 21.1. The van der Waals surface area contributed by atoms with E-state index in [1.807, 2.05) is 56.3 Å². The molecule has 192 valence electrons. The maximum absolute atomic E-state index is 14.9. The summed E-state index contributed by atoms with van der Waals surface area (Å²) in [6, 6.07) is 17.2. The molecule has 0 N–H and O–H groups in total. The predicted molar refractivity (Wildman–Crippen MR) is 139 cm³/mol. The highest BCUT2D eigenvalue weighted by Gasteiger charge is 2.33. The summed E-state index contributed by atoms with van der Waals surface area (Å²) >= 11 is 0. The van der Waals surface area contributed by atoms with Gasteiger partial charge in [-0.2, -0.15) is 4.31 Å². The standard InChI is InChI=1S/C21H32FN3O3S.C6H6/c1-4-20-7-5-6-10-24(29(20,27)28)15-18-8-9-19(13-21(18)22)25-12-11-23(17(3)26)14-16(25)2;1-2-4-6-5-3-1/h8-9,13,16,20H,4-7,10-12,14-15H2,1-3H3;1-6H/t16-,20?;/m0./s1. The fourth-order valence-electron chi connectivity index (χ4n) is 4.78. The summed E-state index contributed by atoms with van der Waals surface area (Å²) in [4.78, 5) is 15.5. The molecular formula is C27H38FN3O3S. The summed E-state index contributed by atoms with van der Waals surface area (Å²) in [7, 11) is -3.40. The minimum absolute atomic E-state index is 0.0575. The Labute approximate surface area is 209 Å². The minimum atomic E-state index is -3.40. The third-order valence-corrected chi connectivity index (χ3v) is 9.32. The van der Waals surface area contributed by atoms with Crippen LogP contribution in [-0.4, -0.2) is 61.0 Å². The van der Waals surface area contributed by atoms with Gasteiger partial charge in [-0.05, 0) is 38.3 Å². The van der Waals surface area contributed by atoms with Crippen LogP contribution in [0.4, 0.5) is 10.1 Å². The largest absolute Gasteiger partial charge is 0.365 e. The highest BCUT2D eigenvalue weighted by atomic mass is 32.2. The molecule has 6 nitrogen and oxygen atoms in total. The molecule has 2 aliphatic rings. The topological polar surface area (TPSA) is 60.9 Å². The van der Waals surface area contributed by atoms with E-state index < -0.39 is 10.0 Å². The lowest BCUT2D eigenvalue weighted by molar-refractivity contribution is -0.129. The molecule has 8 heteroatoms. The lowest BCUT2D eigenvalue weighted by Gasteiger charge is -2.41. The van der Waals surface area contributed by atoms with Crippen LogP contribution >= 0.6 is 0 Å². The molecule has 0 bridgehead atoms. The molecule has 35 heavy (non-hydrogen) atoms. The second-order valence-electron chi connectivity index (χ2n) is 9.34. The molecule has 0 spiro atoms. The van der Waals surface area contributed by atoms with Crippen LogP contribution in [0.2, 0.25) is 0 Å². The van der Waals surface area contributed by atoms with Gasteiger partial charge in [0.1, 0.15) is 5.82 Å². The van der Waals surface area contributed by atoms with Crippen molar-refractivity contribution in [3.8, 4) is 0 Å². The number of halogens is 1. The van der Waals surface area contributed by atoms with Crippen molar-refractivity contribution < 1.29 is 17.6 Å². The number of carbonyl (C=O) groups is 1. The zero-order chi connectivity index (χ0) is 25.4. The van der Waals surface area contributed by atoms with Gasteiger partial charge in [-0.3, -0.25) is 4.79 Å². The number of amides is 1. The van der Waals surface area contributed by atoms with Crippen molar-refractivity contribution in [1.82, 2.24) is 9.21 Å². The molecule has 2 heterocycles. The fraction of sp³-hybridized carbons (Fsp3) is 0.519. The average Bonchev–Trinajstić information content (AvgIpc) is 2.99. The molecule has 0 saturated carbocycles. The highest BCUT2D eigenvalue weighted by Crippen LogP contribution is 2.28. The van der Waals surface area contributed by atoms with Crippen LogP contribution in [0.5, 0.6) is 0 Å². The van der Waals surface area contributed by atoms with Crippen LogP contribution < -0.4 is 4.90 Å². The van der Waals surface area contributed by atoms with E-state index in [1.165, 1.54) is 10.4 Å². The second-order valence-corrected chi connectivity index (χ2v) is 11.6. The van der Waals surface area contributed by atoms with Gasteiger partial charge in [0.2, 0.25) is 15.9 Å². The summed E-state index contributed by atoms with van der Waals surface area (Å²) in [5.41, 5.74) is 1.18. The van der Waals surface area contributed by atoms with Crippen molar-refractivity contribution in [2.24, 2.45) is 0 Å². The molecule has 1 amide bonds. The van der Waals surface area contributed by atoms with Crippen molar-refractivity contribution in [1.29, 1.82) is 0 Å². The second kappa shape index (κ2) is 12.5. The van der Waals surface area contributed by atoms with E-state index in [0.29, 0.717) is 44.6 Å². The first kappa shape index (κ1) is 27.1. The summed E-state index contributed by atoms with van der Waals surface area (Å²) in [5.74, 6) is -0.321. The van der Waals surface area contributed by atoms with Gasteiger partial charge in [0, 0.05) is 56.9 Å². The number of hydrogen-bond acceptors (Lipinski definition) is 4. The van der Waals surface area contributed by atoms with E-state index in [9.17, 15) is 17.6 Å². The number of sulfonamides is 1. The van der Waals surface area contributed by atoms with Crippen LogP contribution in [0.25, 0.3) is 0 Å². The number of benzene rings is 2. The lowest BCUT2D eigenvalue weighted by atomic mass is 10.1.